The summed E-state index contributed by atoms with van der Waals surface area (Å²) in [4.78, 5) is 1.42. The first-order chi connectivity index (χ1) is 27.1. The van der Waals surface area contributed by atoms with E-state index in [2.05, 4.69) is 137 Å². The lowest BCUT2D eigenvalue weighted by Gasteiger charge is -2.20. The van der Waals surface area contributed by atoms with E-state index in [0.717, 1.165) is 60.5 Å². The van der Waals surface area contributed by atoms with Crippen LogP contribution in [0.15, 0.2) is 208 Å². The van der Waals surface area contributed by atoms with Crippen LogP contribution in [0.5, 0.6) is 0 Å². The largest absolute Gasteiger partial charge is 0.309 e. The fourth-order valence-electron chi connectivity index (χ4n) is 8.37. The first-order valence-electron chi connectivity index (χ1n) is 18.5. The Kier molecular flexibility index (Phi) is 7.06. The summed E-state index contributed by atoms with van der Waals surface area (Å²) in [6.45, 7) is 0. The van der Waals surface area contributed by atoms with Gasteiger partial charge in [0.1, 0.15) is 9.73 Å². The quantitative estimate of drug-likeness (QED) is 0.174. The summed E-state index contributed by atoms with van der Waals surface area (Å²) < 4.78 is 25.0. The summed E-state index contributed by atoms with van der Waals surface area (Å²) in [7, 11) is -3.00. The van der Waals surface area contributed by atoms with Crippen LogP contribution >= 0.6 is 0 Å². The van der Waals surface area contributed by atoms with Crippen LogP contribution in [0.1, 0.15) is 11.1 Å². The van der Waals surface area contributed by atoms with Crippen molar-refractivity contribution in [3.05, 3.63) is 205 Å². The third-order valence-corrected chi connectivity index (χ3v) is 13.2. The Morgan fingerprint density at radius 3 is 1.60 bits per heavy atom. The zero-order chi connectivity index (χ0) is 36.5. The molecule has 0 fully saturated rings. The van der Waals surface area contributed by atoms with Crippen molar-refractivity contribution < 1.29 is 4.21 Å². The van der Waals surface area contributed by atoms with Crippen molar-refractivity contribution in [1.29, 1.82) is 0 Å². The van der Waals surface area contributed by atoms with Gasteiger partial charge in [-0.3, -0.25) is 0 Å². The van der Waals surface area contributed by atoms with E-state index < -0.39 is 9.73 Å². The molecular weight excluding hydrogens is 691 g/mol. The molecule has 0 N–H and O–H groups in total. The zero-order valence-corrected chi connectivity index (χ0v) is 30.5. The van der Waals surface area contributed by atoms with Crippen LogP contribution in [0.2, 0.25) is 0 Å². The molecule has 0 saturated carbocycles. The average Bonchev–Trinajstić information content (AvgIpc) is 3.76. The van der Waals surface area contributed by atoms with Crippen molar-refractivity contribution >= 4 is 65.1 Å². The lowest BCUT2D eigenvalue weighted by atomic mass is 10.0. The Labute approximate surface area is 319 Å². The SMILES string of the molecule is O=S1(c2cccc(-n3c4ccccc4c4cc(-c5ccc6c(c5)c5ccccc5n6-c5ccccc5)ccc43)c2)=NC(c2ccccc2)=Cc2ccccc21. The van der Waals surface area contributed by atoms with Crippen molar-refractivity contribution in [1.82, 2.24) is 9.13 Å². The molecule has 1 atom stereocenters. The lowest BCUT2D eigenvalue weighted by Crippen LogP contribution is -2.09. The number of rotatable bonds is 5. The van der Waals surface area contributed by atoms with E-state index in [4.69, 9.17) is 4.36 Å². The van der Waals surface area contributed by atoms with Gasteiger partial charge in [0.25, 0.3) is 0 Å². The zero-order valence-electron chi connectivity index (χ0n) is 29.7. The number of hydrogen-bond acceptors (Lipinski definition) is 2. The molecule has 0 radical (unpaired) electrons. The highest BCUT2D eigenvalue weighted by Crippen LogP contribution is 2.40. The van der Waals surface area contributed by atoms with Crippen molar-refractivity contribution in [2.45, 2.75) is 9.79 Å². The predicted molar refractivity (Wildman–Crippen MR) is 228 cm³/mol. The number of benzene rings is 8. The summed E-state index contributed by atoms with van der Waals surface area (Å²) >= 11 is 0. The molecule has 55 heavy (non-hydrogen) atoms. The van der Waals surface area contributed by atoms with E-state index in [-0.39, 0.29) is 0 Å². The molecule has 0 amide bonds. The topological polar surface area (TPSA) is 39.3 Å². The van der Waals surface area contributed by atoms with Crippen LogP contribution in [0.3, 0.4) is 0 Å². The van der Waals surface area contributed by atoms with Crippen LogP contribution in [0.25, 0.3) is 77.9 Å². The van der Waals surface area contributed by atoms with E-state index in [0.29, 0.717) is 4.90 Å². The minimum Gasteiger partial charge on any atom is -0.309 e. The monoisotopic (exact) mass is 723 g/mol. The second kappa shape index (κ2) is 12.3. The minimum absolute atomic E-state index is 0.685. The maximum Gasteiger partial charge on any atom is 0.109 e. The molecule has 260 valence electrons. The number of nitrogens with zero attached hydrogens (tertiary/aromatic N) is 3. The molecule has 1 unspecified atom stereocenters. The van der Waals surface area contributed by atoms with E-state index in [1.165, 1.54) is 27.4 Å². The summed E-state index contributed by atoms with van der Waals surface area (Å²) in [5.74, 6) is 0. The maximum atomic E-state index is 15.3. The van der Waals surface area contributed by atoms with Gasteiger partial charge in [0.2, 0.25) is 0 Å². The van der Waals surface area contributed by atoms with Crippen LogP contribution in [-0.4, -0.2) is 13.3 Å². The molecule has 1 aliphatic heterocycles. The molecule has 2 aromatic heterocycles. The highest BCUT2D eigenvalue weighted by atomic mass is 32.2. The number of aromatic nitrogens is 2. The van der Waals surface area contributed by atoms with Gasteiger partial charge in [0.05, 0.1) is 37.6 Å². The van der Waals surface area contributed by atoms with Crippen LogP contribution in [0.4, 0.5) is 0 Å². The smallest absolute Gasteiger partial charge is 0.109 e. The first kappa shape index (κ1) is 31.6. The van der Waals surface area contributed by atoms with Gasteiger partial charge in [0.15, 0.2) is 0 Å². The van der Waals surface area contributed by atoms with Gasteiger partial charge in [-0.25, -0.2) is 4.21 Å². The summed E-state index contributed by atoms with van der Waals surface area (Å²) in [5.41, 5.74) is 11.6. The van der Waals surface area contributed by atoms with E-state index >= 15 is 4.21 Å². The first-order valence-corrected chi connectivity index (χ1v) is 20.0. The van der Waals surface area contributed by atoms with Gasteiger partial charge in [0, 0.05) is 38.5 Å². The van der Waals surface area contributed by atoms with Gasteiger partial charge < -0.3 is 9.13 Å². The normalized spacial score (nSPS) is 15.3. The average molecular weight is 724 g/mol. The fraction of sp³-hybridized carbons (Fsp3) is 0. The fourth-order valence-corrected chi connectivity index (χ4v) is 10.5. The second-order valence-electron chi connectivity index (χ2n) is 14.1. The number of hydrogen-bond donors (Lipinski definition) is 0. The van der Waals surface area contributed by atoms with Crippen LogP contribution in [-0.2, 0) is 9.73 Å². The molecule has 0 bridgehead atoms. The molecular formula is C50H33N3OS. The summed E-state index contributed by atoms with van der Waals surface area (Å²) in [6.07, 6.45) is 2.04. The Morgan fingerprint density at radius 1 is 0.400 bits per heavy atom. The van der Waals surface area contributed by atoms with Gasteiger partial charge in [-0.05, 0) is 95.6 Å². The molecule has 5 heteroatoms. The Morgan fingerprint density at radius 2 is 0.927 bits per heavy atom. The summed E-state index contributed by atoms with van der Waals surface area (Å²) in [5, 5.41) is 4.79. The van der Waals surface area contributed by atoms with E-state index in [9.17, 15) is 0 Å². The maximum absolute atomic E-state index is 15.3. The molecule has 1 aliphatic rings. The van der Waals surface area contributed by atoms with Crippen LogP contribution < -0.4 is 0 Å². The third-order valence-electron chi connectivity index (χ3n) is 10.9. The van der Waals surface area contributed by atoms with Gasteiger partial charge in [-0.2, -0.15) is 4.36 Å². The molecule has 0 aliphatic carbocycles. The molecule has 0 saturated heterocycles. The van der Waals surface area contributed by atoms with Gasteiger partial charge >= 0.3 is 0 Å². The number of para-hydroxylation sites is 3. The van der Waals surface area contributed by atoms with Gasteiger partial charge in [-0.15, -0.1) is 0 Å². The Bertz CT molecular complexity index is 3310. The molecule has 4 nitrogen and oxygen atoms in total. The highest BCUT2D eigenvalue weighted by molar-refractivity contribution is 7.94. The number of fused-ring (bicyclic) bond motifs is 7. The lowest BCUT2D eigenvalue weighted by molar-refractivity contribution is 0.676. The Balaban J connectivity index is 1.07. The van der Waals surface area contributed by atoms with Crippen molar-refractivity contribution in [3.63, 3.8) is 0 Å². The van der Waals surface area contributed by atoms with Crippen LogP contribution in [0, 0.1) is 0 Å². The predicted octanol–water partition coefficient (Wildman–Crippen LogP) is 12.9. The Hall–Kier alpha value is -6.95. The molecule has 3 heterocycles. The molecule has 0 spiro atoms. The third kappa shape index (κ3) is 4.94. The molecule has 10 aromatic rings. The highest BCUT2D eigenvalue weighted by Gasteiger charge is 2.25. The molecule has 11 rings (SSSR count). The van der Waals surface area contributed by atoms with Gasteiger partial charge in [-0.1, -0.05) is 121 Å². The van der Waals surface area contributed by atoms with E-state index in [1.807, 2.05) is 72.8 Å². The second-order valence-corrected chi connectivity index (χ2v) is 16.2. The minimum atomic E-state index is -3.00. The van der Waals surface area contributed by atoms with Crippen molar-refractivity contribution in [2.75, 3.05) is 0 Å². The van der Waals surface area contributed by atoms with Crippen molar-refractivity contribution in [3.8, 4) is 22.5 Å². The standard InChI is InChI=1S/C50H33N3OS/c54-55(50-25-12-7-16-37(50)32-45(51-55)34-14-3-1-4-15-34)40-20-13-19-39(33-40)53-47-24-11-9-22-42(47)44-31-36(27-29-49(44)53)35-26-28-48-43(30-35)41-21-8-10-23-46(41)52(48)38-17-5-2-6-18-38/h1-33H. The van der Waals surface area contributed by atoms with Crippen molar-refractivity contribution in [2.24, 2.45) is 4.36 Å². The summed E-state index contributed by atoms with van der Waals surface area (Å²) in [6, 6.07) is 67.4. The molecule has 8 aromatic carbocycles. The van der Waals surface area contributed by atoms with E-state index in [1.54, 1.807) is 0 Å².